The first kappa shape index (κ1) is 12.5. The summed E-state index contributed by atoms with van der Waals surface area (Å²) < 4.78 is 26.3. The van der Waals surface area contributed by atoms with E-state index in [0.717, 1.165) is 19.4 Å². The van der Waals surface area contributed by atoms with Crippen molar-refractivity contribution < 1.29 is 8.42 Å². The lowest BCUT2D eigenvalue weighted by Gasteiger charge is -2.10. The fourth-order valence-electron chi connectivity index (χ4n) is 1.96. The third kappa shape index (κ3) is 3.49. The summed E-state index contributed by atoms with van der Waals surface area (Å²) in [6.45, 7) is 1.51. The van der Waals surface area contributed by atoms with E-state index in [-0.39, 0.29) is 4.90 Å². The van der Waals surface area contributed by atoms with Crippen LogP contribution >= 0.6 is 0 Å². The fraction of sp³-hybridized carbons (Fsp3) is 0.545. The van der Waals surface area contributed by atoms with Crippen molar-refractivity contribution in [2.45, 2.75) is 30.2 Å². The van der Waals surface area contributed by atoms with Crippen LogP contribution in [0.5, 0.6) is 0 Å². The van der Waals surface area contributed by atoms with Gasteiger partial charge in [-0.15, -0.1) is 0 Å². The van der Waals surface area contributed by atoms with Crippen molar-refractivity contribution in [2.24, 2.45) is 0 Å². The molecule has 1 saturated heterocycles. The predicted octanol–water partition coefficient (Wildman–Crippen LogP) is 0.502. The van der Waals surface area contributed by atoms with Crippen LogP contribution in [0.4, 0.5) is 0 Å². The zero-order valence-corrected chi connectivity index (χ0v) is 10.4. The van der Waals surface area contributed by atoms with Gasteiger partial charge in [0.25, 0.3) is 0 Å². The second-order valence-electron chi connectivity index (χ2n) is 4.17. The molecule has 1 atom stereocenters. The number of nitrogens with zero attached hydrogens (tertiary/aromatic N) is 1. The largest absolute Gasteiger partial charge is 0.314 e. The molecular weight excluding hydrogens is 238 g/mol. The molecule has 0 aromatic carbocycles. The maximum atomic E-state index is 11.8. The molecule has 0 amide bonds. The zero-order valence-electron chi connectivity index (χ0n) is 9.59. The summed E-state index contributed by atoms with van der Waals surface area (Å²) in [4.78, 5) is 4.03. The molecule has 94 valence electrons. The molecule has 1 aromatic heterocycles. The molecule has 1 unspecified atom stereocenters. The number of pyridine rings is 1. The van der Waals surface area contributed by atoms with Crippen LogP contribution in [0.15, 0.2) is 29.4 Å². The van der Waals surface area contributed by atoms with Gasteiger partial charge in [0.2, 0.25) is 10.0 Å². The van der Waals surface area contributed by atoms with Crippen LogP contribution in [0.2, 0.25) is 0 Å². The fourth-order valence-corrected chi connectivity index (χ4v) is 2.97. The van der Waals surface area contributed by atoms with Gasteiger partial charge in [0.1, 0.15) is 4.90 Å². The Hall–Kier alpha value is -0.980. The van der Waals surface area contributed by atoms with E-state index in [0.29, 0.717) is 12.6 Å². The Labute approximate surface area is 102 Å². The Kier molecular flexibility index (Phi) is 4.09. The van der Waals surface area contributed by atoms with Gasteiger partial charge in [0.15, 0.2) is 0 Å². The Bertz CT molecular complexity index is 441. The summed E-state index contributed by atoms with van der Waals surface area (Å²) in [5, 5.41) is 3.34. The van der Waals surface area contributed by atoms with Crippen LogP contribution in [-0.4, -0.2) is 32.5 Å². The SMILES string of the molecule is O=S(=O)(NCCC1CCCN1)c1cccnc1. The highest BCUT2D eigenvalue weighted by atomic mass is 32.2. The first-order chi connectivity index (χ1) is 8.18. The zero-order chi connectivity index (χ0) is 12.1. The lowest BCUT2D eigenvalue weighted by molar-refractivity contribution is 0.539. The first-order valence-electron chi connectivity index (χ1n) is 5.81. The summed E-state index contributed by atoms with van der Waals surface area (Å²) in [5.41, 5.74) is 0. The van der Waals surface area contributed by atoms with E-state index in [1.165, 1.54) is 12.6 Å². The minimum Gasteiger partial charge on any atom is -0.314 e. The minimum atomic E-state index is -3.39. The number of aromatic nitrogens is 1. The molecule has 0 radical (unpaired) electrons. The van der Waals surface area contributed by atoms with E-state index in [1.807, 2.05) is 0 Å². The average molecular weight is 255 g/mol. The molecule has 6 heteroatoms. The number of rotatable bonds is 5. The van der Waals surface area contributed by atoms with Crippen LogP contribution in [0.1, 0.15) is 19.3 Å². The van der Waals surface area contributed by atoms with Crippen molar-refractivity contribution in [3.05, 3.63) is 24.5 Å². The highest BCUT2D eigenvalue weighted by molar-refractivity contribution is 7.89. The molecule has 2 rings (SSSR count). The number of hydrogen-bond donors (Lipinski definition) is 2. The monoisotopic (exact) mass is 255 g/mol. The van der Waals surface area contributed by atoms with Crippen LogP contribution in [0, 0.1) is 0 Å². The average Bonchev–Trinajstić information content (AvgIpc) is 2.83. The minimum absolute atomic E-state index is 0.222. The van der Waals surface area contributed by atoms with Gasteiger partial charge in [-0.1, -0.05) is 0 Å². The van der Waals surface area contributed by atoms with Crippen LogP contribution < -0.4 is 10.0 Å². The topological polar surface area (TPSA) is 71.1 Å². The van der Waals surface area contributed by atoms with E-state index in [2.05, 4.69) is 15.0 Å². The number of sulfonamides is 1. The summed E-state index contributed by atoms with van der Waals surface area (Å²) in [7, 11) is -3.39. The van der Waals surface area contributed by atoms with Gasteiger partial charge in [-0.2, -0.15) is 0 Å². The Morgan fingerprint density at radius 3 is 3.06 bits per heavy atom. The second-order valence-corrected chi connectivity index (χ2v) is 5.94. The lowest BCUT2D eigenvalue weighted by atomic mass is 10.2. The van der Waals surface area contributed by atoms with Crippen molar-refractivity contribution >= 4 is 10.0 Å². The summed E-state index contributed by atoms with van der Waals surface area (Å²) >= 11 is 0. The number of hydrogen-bond acceptors (Lipinski definition) is 4. The van der Waals surface area contributed by atoms with Crippen molar-refractivity contribution in [2.75, 3.05) is 13.1 Å². The van der Waals surface area contributed by atoms with Gasteiger partial charge in [-0.25, -0.2) is 13.1 Å². The van der Waals surface area contributed by atoms with E-state index in [1.54, 1.807) is 18.3 Å². The molecule has 1 fully saturated rings. The van der Waals surface area contributed by atoms with E-state index in [4.69, 9.17) is 0 Å². The normalized spacial score (nSPS) is 20.6. The molecule has 0 bridgehead atoms. The Morgan fingerprint density at radius 2 is 2.41 bits per heavy atom. The molecular formula is C11H17N3O2S. The highest BCUT2D eigenvalue weighted by Crippen LogP contribution is 2.09. The molecule has 0 spiro atoms. The van der Waals surface area contributed by atoms with Crippen LogP contribution in [0.3, 0.4) is 0 Å². The van der Waals surface area contributed by atoms with Crippen molar-refractivity contribution in [3.8, 4) is 0 Å². The highest BCUT2D eigenvalue weighted by Gasteiger charge is 2.16. The standard InChI is InChI=1S/C11H17N3O2S/c15-17(16,11-4-2-6-12-9-11)14-8-5-10-3-1-7-13-10/h2,4,6,9-10,13-14H,1,3,5,7-8H2. The number of nitrogens with one attached hydrogen (secondary N) is 2. The van der Waals surface area contributed by atoms with Gasteiger partial charge in [-0.05, 0) is 37.9 Å². The van der Waals surface area contributed by atoms with Gasteiger partial charge >= 0.3 is 0 Å². The molecule has 17 heavy (non-hydrogen) atoms. The lowest BCUT2D eigenvalue weighted by Crippen LogP contribution is -2.30. The maximum Gasteiger partial charge on any atom is 0.242 e. The molecule has 2 heterocycles. The summed E-state index contributed by atoms with van der Waals surface area (Å²) in [5.74, 6) is 0. The maximum absolute atomic E-state index is 11.8. The van der Waals surface area contributed by atoms with Gasteiger partial charge in [-0.3, -0.25) is 4.98 Å². The van der Waals surface area contributed by atoms with Crippen molar-refractivity contribution in [1.82, 2.24) is 15.0 Å². The van der Waals surface area contributed by atoms with Crippen molar-refractivity contribution in [1.29, 1.82) is 0 Å². The Morgan fingerprint density at radius 1 is 1.53 bits per heavy atom. The van der Waals surface area contributed by atoms with Crippen LogP contribution in [0.25, 0.3) is 0 Å². The summed E-state index contributed by atoms with van der Waals surface area (Å²) in [6.07, 6.45) is 6.06. The van der Waals surface area contributed by atoms with Gasteiger partial charge in [0.05, 0.1) is 0 Å². The molecule has 0 saturated carbocycles. The third-order valence-corrected chi connectivity index (χ3v) is 4.34. The second kappa shape index (κ2) is 5.57. The Balaban J connectivity index is 1.85. The molecule has 1 aliphatic rings. The van der Waals surface area contributed by atoms with E-state index >= 15 is 0 Å². The predicted molar refractivity (Wildman–Crippen MR) is 65.1 cm³/mol. The molecule has 2 N–H and O–H groups in total. The smallest absolute Gasteiger partial charge is 0.242 e. The molecule has 1 aliphatic heterocycles. The van der Waals surface area contributed by atoms with E-state index in [9.17, 15) is 8.42 Å². The molecule has 5 nitrogen and oxygen atoms in total. The first-order valence-corrected chi connectivity index (χ1v) is 7.30. The van der Waals surface area contributed by atoms with Gasteiger partial charge < -0.3 is 5.32 Å². The summed E-state index contributed by atoms with van der Waals surface area (Å²) in [6, 6.07) is 3.61. The van der Waals surface area contributed by atoms with E-state index < -0.39 is 10.0 Å². The molecule has 0 aliphatic carbocycles. The quantitative estimate of drug-likeness (QED) is 0.804. The molecule has 1 aromatic rings. The van der Waals surface area contributed by atoms with Crippen molar-refractivity contribution in [3.63, 3.8) is 0 Å². The van der Waals surface area contributed by atoms with Crippen LogP contribution in [-0.2, 0) is 10.0 Å². The van der Waals surface area contributed by atoms with Gasteiger partial charge in [0, 0.05) is 25.0 Å². The third-order valence-electron chi connectivity index (χ3n) is 2.89.